The Balaban J connectivity index is 2.04. The Kier molecular flexibility index (Phi) is 5.68. The van der Waals surface area contributed by atoms with Crippen LogP contribution in [0.25, 0.3) is 10.9 Å². The Hall–Kier alpha value is -2.17. The van der Waals surface area contributed by atoms with Crippen LogP contribution in [-0.2, 0) is 0 Å². The summed E-state index contributed by atoms with van der Waals surface area (Å²) in [6.45, 7) is 0. The van der Waals surface area contributed by atoms with E-state index >= 15 is 0 Å². The van der Waals surface area contributed by atoms with E-state index < -0.39 is 28.5 Å². The van der Waals surface area contributed by atoms with Crippen molar-refractivity contribution in [3.05, 3.63) is 70.4 Å². The summed E-state index contributed by atoms with van der Waals surface area (Å²) in [4.78, 5) is 39.5. The Morgan fingerprint density at radius 3 is 2.48 bits per heavy atom. The van der Waals surface area contributed by atoms with E-state index in [0.717, 1.165) is 0 Å². The second kappa shape index (κ2) is 7.83. The Morgan fingerprint density at radius 1 is 1.04 bits per heavy atom. The minimum Gasteiger partial charge on any atom is -0.501 e. The van der Waals surface area contributed by atoms with Crippen molar-refractivity contribution in [1.29, 1.82) is 0 Å². The molecule has 2 amide bonds. The quantitative estimate of drug-likeness (QED) is 0.346. The molecule has 1 heterocycles. The van der Waals surface area contributed by atoms with E-state index in [4.69, 9.17) is 0 Å². The molecule has 10 heteroatoms. The molecule has 0 fully saturated rings. The molecule has 0 aliphatic rings. The van der Waals surface area contributed by atoms with Crippen molar-refractivity contribution < 1.29 is 9.90 Å². The number of nitrogens with one attached hydrogen (secondary N) is 3. The van der Waals surface area contributed by atoms with E-state index in [1.807, 2.05) is 0 Å². The first-order chi connectivity index (χ1) is 12.8. The number of halogens is 3. The molecule has 0 atom stereocenters. The molecule has 27 heavy (non-hydrogen) atoms. The second-order valence-electron chi connectivity index (χ2n) is 5.38. The lowest BCUT2D eigenvalue weighted by Gasteiger charge is -2.10. The summed E-state index contributed by atoms with van der Waals surface area (Å²) in [5.74, 6) is -0.874. The molecule has 1 aromatic heterocycles. The van der Waals surface area contributed by atoms with E-state index in [2.05, 4.69) is 63.4 Å². The van der Waals surface area contributed by atoms with Gasteiger partial charge in [-0.15, -0.1) is 0 Å². The molecular weight excluding hydrogens is 550 g/mol. The van der Waals surface area contributed by atoms with Gasteiger partial charge < -0.3 is 20.7 Å². The first kappa shape index (κ1) is 19.6. The summed E-state index contributed by atoms with van der Waals surface area (Å²) < 4.78 is 1.97. The predicted octanol–water partition coefficient (Wildman–Crippen LogP) is 4.53. The molecule has 0 spiro atoms. The minimum atomic E-state index is -0.894. The smallest absolute Gasteiger partial charge is 0.323 e. The maximum Gasteiger partial charge on any atom is 0.323 e. The third kappa shape index (κ3) is 4.07. The van der Waals surface area contributed by atoms with Gasteiger partial charge in [0.25, 0.3) is 5.56 Å². The van der Waals surface area contributed by atoms with Crippen LogP contribution in [0.2, 0.25) is 0 Å². The zero-order valence-corrected chi connectivity index (χ0v) is 18.0. The molecule has 3 rings (SSSR count). The summed E-state index contributed by atoms with van der Waals surface area (Å²) in [6.07, 6.45) is 0. The van der Waals surface area contributed by atoms with Crippen molar-refractivity contribution in [2.75, 3.05) is 10.6 Å². The SMILES string of the molecule is O=C(Nc1cc(Br)cc(Br)c1Br)Nc1c(O)c(=O)[nH]c2ccccc2c1=O. The molecule has 0 unspecified atom stereocenters. The van der Waals surface area contributed by atoms with Crippen molar-refractivity contribution in [3.63, 3.8) is 0 Å². The summed E-state index contributed by atoms with van der Waals surface area (Å²) in [5, 5.41) is 15.1. The third-order valence-electron chi connectivity index (χ3n) is 3.58. The third-order valence-corrected chi connectivity index (χ3v) is 6.05. The van der Waals surface area contributed by atoms with E-state index in [1.165, 1.54) is 12.1 Å². The molecule has 138 valence electrons. The van der Waals surface area contributed by atoms with E-state index in [9.17, 15) is 19.5 Å². The fourth-order valence-corrected chi connectivity index (χ4v) is 3.91. The number of fused-ring (bicyclic) bond motifs is 1. The van der Waals surface area contributed by atoms with Gasteiger partial charge in [0.05, 0.1) is 15.7 Å². The number of aromatic nitrogens is 1. The zero-order valence-electron chi connectivity index (χ0n) is 13.3. The number of aromatic hydroxyl groups is 1. The van der Waals surface area contributed by atoms with Crippen LogP contribution >= 0.6 is 47.8 Å². The molecule has 2 aromatic carbocycles. The number of aromatic amines is 1. The monoisotopic (exact) mass is 557 g/mol. The zero-order chi connectivity index (χ0) is 19.7. The lowest BCUT2D eigenvalue weighted by atomic mass is 10.2. The fourth-order valence-electron chi connectivity index (χ4n) is 2.36. The van der Waals surface area contributed by atoms with Gasteiger partial charge in [-0.05, 0) is 56.1 Å². The van der Waals surface area contributed by atoms with Gasteiger partial charge in [0, 0.05) is 14.3 Å². The van der Waals surface area contributed by atoms with Gasteiger partial charge in [0.15, 0.2) is 0 Å². The van der Waals surface area contributed by atoms with Gasteiger partial charge in [0.1, 0.15) is 5.69 Å². The van der Waals surface area contributed by atoms with Crippen LogP contribution in [-0.4, -0.2) is 16.1 Å². The van der Waals surface area contributed by atoms with Crippen LogP contribution < -0.4 is 21.6 Å². The molecule has 4 N–H and O–H groups in total. The van der Waals surface area contributed by atoms with Crippen LogP contribution in [0.3, 0.4) is 0 Å². The van der Waals surface area contributed by atoms with Crippen LogP contribution in [0, 0.1) is 0 Å². The van der Waals surface area contributed by atoms with Crippen molar-refractivity contribution in [2.24, 2.45) is 0 Å². The Labute approximate surface area is 177 Å². The second-order valence-corrected chi connectivity index (χ2v) is 7.94. The van der Waals surface area contributed by atoms with Crippen molar-refractivity contribution >= 4 is 76.1 Å². The normalized spacial score (nSPS) is 10.6. The highest BCUT2D eigenvalue weighted by Crippen LogP contribution is 2.34. The maximum atomic E-state index is 12.7. The number of anilines is 2. The Morgan fingerprint density at radius 2 is 1.74 bits per heavy atom. The minimum absolute atomic E-state index is 0.150. The molecule has 0 aliphatic carbocycles. The number of hydrogen-bond donors (Lipinski definition) is 4. The lowest BCUT2D eigenvalue weighted by Crippen LogP contribution is -2.24. The molecule has 0 bridgehead atoms. The molecule has 7 nitrogen and oxygen atoms in total. The van der Waals surface area contributed by atoms with Gasteiger partial charge in [-0.2, -0.15) is 0 Å². The topological polar surface area (TPSA) is 111 Å². The molecule has 0 saturated heterocycles. The largest absolute Gasteiger partial charge is 0.501 e. The number of benzene rings is 2. The van der Waals surface area contributed by atoms with Gasteiger partial charge in [-0.3, -0.25) is 9.59 Å². The first-order valence-electron chi connectivity index (χ1n) is 7.38. The highest BCUT2D eigenvalue weighted by molar-refractivity contribution is 9.13. The van der Waals surface area contributed by atoms with E-state index in [0.29, 0.717) is 19.1 Å². The number of para-hydroxylation sites is 1. The number of H-pyrrole nitrogens is 1. The average Bonchev–Trinajstić information content (AvgIpc) is 2.70. The van der Waals surface area contributed by atoms with Crippen LogP contribution in [0.1, 0.15) is 0 Å². The first-order valence-corrected chi connectivity index (χ1v) is 9.76. The number of carbonyl (C=O) groups excluding carboxylic acids is 1. The van der Waals surface area contributed by atoms with Crippen LogP contribution in [0.5, 0.6) is 5.75 Å². The number of rotatable bonds is 2. The average molecular weight is 560 g/mol. The standard InChI is InChI=1S/C17H10Br3N3O4/c18-7-5-9(19)12(20)11(6-7)22-17(27)23-13-14(24)8-3-1-2-4-10(8)21-16(26)15(13)25/h1-6H,(H4,21,22,23,24,25,26,27). The van der Waals surface area contributed by atoms with Crippen molar-refractivity contribution in [3.8, 4) is 5.75 Å². The number of amides is 2. The summed E-state index contributed by atoms with van der Waals surface area (Å²) in [6, 6.07) is 8.87. The number of urea groups is 1. The van der Waals surface area contributed by atoms with E-state index in [1.54, 1.807) is 24.3 Å². The van der Waals surface area contributed by atoms with Gasteiger partial charge >= 0.3 is 6.03 Å². The van der Waals surface area contributed by atoms with Crippen LogP contribution in [0.4, 0.5) is 16.2 Å². The summed E-state index contributed by atoms with van der Waals surface area (Å²) in [5.41, 5.74) is -1.45. The van der Waals surface area contributed by atoms with E-state index in [-0.39, 0.29) is 10.9 Å². The molecule has 0 aliphatic heterocycles. The maximum absolute atomic E-state index is 12.7. The van der Waals surface area contributed by atoms with Gasteiger partial charge in [-0.25, -0.2) is 4.79 Å². The molecule has 3 aromatic rings. The van der Waals surface area contributed by atoms with Crippen molar-refractivity contribution in [2.45, 2.75) is 0 Å². The number of hydrogen-bond acceptors (Lipinski definition) is 4. The van der Waals surface area contributed by atoms with Crippen molar-refractivity contribution in [1.82, 2.24) is 4.98 Å². The predicted molar refractivity (Wildman–Crippen MR) is 115 cm³/mol. The van der Waals surface area contributed by atoms with Crippen LogP contribution in [0.15, 0.2) is 59.4 Å². The number of carbonyl (C=O) groups is 1. The molecule has 0 radical (unpaired) electrons. The molecule has 0 saturated carbocycles. The molecular formula is C17H10Br3N3O4. The highest BCUT2D eigenvalue weighted by atomic mass is 79.9. The summed E-state index contributed by atoms with van der Waals surface area (Å²) in [7, 11) is 0. The highest BCUT2D eigenvalue weighted by Gasteiger charge is 2.16. The summed E-state index contributed by atoms with van der Waals surface area (Å²) >= 11 is 9.98. The lowest BCUT2D eigenvalue weighted by molar-refractivity contribution is 0.262. The Bertz CT molecular complexity index is 1190. The fraction of sp³-hybridized carbons (Fsp3) is 0. The van der Waals surface area contributed by atoms with Gasteiger partial charge in [0.2, 0.25) is 11.2 Å². The van der Waals surface area contributed by atoms with Gasteiger partial charge in [-0.1, -0.05) is 28.1 Å².